The molecule has 0 N–H and O–H groups in total. The number of hydrogen-bond acceptors (Lipinski definition) is 5. The van der Waals surface area contributed by atoms with Crippen LogP contribution in [0.3, 0.4) is 0 Å². The summed E-state index contributed by atoms with van der Waals surface area (Å²) in [6.45, 7) is 2.69. The Labute approximate surface area is 173 Å². The van der Waals surface area contributed by atoms with E-state index >= 15 is 0 Å². The molecule has 0 saturated heterocycles. The zero-order valence-corrected chi connectivity index (χ0v) is 17.2. The van der Waals surface area contributed by atoms with Gasteiger partial charge in [-0.25, -0.2) is 9.37 Å². The van der Waals surface area contributed by atoms with Crippen LogP contribution in [0.25, 0.3) is 10.9 Å². The van der Waals surface area contributed by atoms with E-state index in [0.717, 1.165) is 0 Å². The third-order valence-corrected chi connectivity index (χ3v) is 4.87. The van der Waals surface area contributed by atoms with Crippen molar-refractivity contribution >= 4 is 22.5 Å². The molecule has 1 aromatic heterocycles. The molecule has 0 saturated carbocycles. The van der Waals surface area contributed by atoms with Gasteiger partial charge in [-0.05, 0) is 43.7 Å². The monoisotopic (exact) mass is 413 g/mol. The molecule has 0 atom stereocenters. The van der Waals surface area contributed by atoms with E-state index in [1.54, 1.807) is 29.2 Å². The van der Waals surface area contributed by atoms with Crippen LogP contribution in [0.4, 0.5) is 10.1 Å². The summed E-state index contributed by atoms with van der Waals surface area (Å²) in [5.74, 6) is 0.521. The van der Waals surface area contributed by atoms with E-state index in [-0.39, 0.29) is 23.7 Å². The minimum absolute atomic E-state index is 0.0858. The standard InChI is InChI=1S/C22H24FN3O4/c1-4-26(16-9-7-15(23)8-10-16)21(27)6-5-11-25-14-24-18-13-20(30-3)19(29-2)12-17(18)22(25)28/h7-10,12-14H,4-6,11H2,1-3H3. The highest BCUT2D eigenvalue weighted by molar-refractivity contribution is 5.93. The first-order chi connectivity index (χ1) is 14.5. The lowest BCUT2D eigenvalue weighted by Crippen LogP contribution is -2.31. The van der Waals surface area contributed by atoms with Crippen molar-refractivity contribution in [3.63, 3.8) is 0 Å². The smallest absolute Gasteiger partial charge is 0.261 e. The number of aryl methyl sites for hydroxylation is 1. The second-order valence-corrected chi connectivity index (χ2v) is 6.69. The van der Waals surface area contributed by atoms with Gasteiger partial charge in [0, 0.05) is 31.3 Å². The van der Waals surface area contributed by atoms with E-state index in [1.807, 2.05) is 6.92 Å². The molecule has 0 radical (unpaired) electrons. The van der Waals surface area contributed by atoms with Gasteiger partial charge < -0.3 is 14.4 Å². The largest absolute Gasteiger partial charge is 0.493 e. The van der Waals surface area contributed by atoms with Gasteiger partial charge in [0.25, 0.3) is 5.56 Å². The maximum absolute atomic E-state index is 13.1. The predicted molar refractivity (Wildman–Crippen MR) is 113 cm³/mol. The highest BCUT2D eigenvalue weighted by Crippen LogP contribution is 2.29. The topological polar surface area (TPSA) is 73.7 Å². The van der Waals surface area contributed by atoms with Crippen LogP contribution in [-0.4, -0.2) is 36.2 Å². The Balaban J connectivity index is 1.72. The summed E-state index contributed by atoms with van der Waals surface area (Å²) in [7, 11) is 3.03. The van der Waals surface area contributed by atoms with Crippen LogP contribution in [0.1, 0.15) is 19.8 Å². The average molecular weight is 413 g/mol. The van der Waals surface area contributed by atoms with Crippen LogP contribution < -0.4 is 19.9 Å². The van der Waals surface area contributed by atoms with Crippen LogP contribution in [0.2, 0.25) is 0 Å². The molecule has 158 valence electrons. The highest BCUT2D eigenvalue weighted by Gasteiger charge is 2.15. The number of amides is 1. The molecule has 0 aliphatic heterocycles. The molecule has 3 aromatic rings. The van der Waals surface area contributed by atoms with Gasteiger partial charge in [-0.15, -0.1) is 0 Å². The third kappa shape index (κ3) is 4.42. The lowest BCUT2D eigenvalue weighted by atomic mass is 10.2. The Morgan fingerprint density at radius 3 is 2.43 bits per heavy atom. The van der Waals surface area contributed by atoms with Crippen molar-refractivity contribution in [1.82, 2.24) is 9.55 Å². The Bertz CT molecular complexity index is 1100. The first-order valence-electron chi connectivity index (χ1n) is 9.65. The number of fused-ring (bicyclic) bond motifs is 1. The van der Waals surface area contributed by atoms with E-state index in [4.69, 9.17) is 9.47 Å². The first kappa shape index (κ1) is 21.3. The predicted octanol–water partition coefficient (Wildman–Crippen LogP) is 3.39. The SMILES string of the molecule is CCN(C(=O)CCCn1cnc2cc(OC)c(OC)cc2c1=O)c1ccc(F)cc1. The van der Waals surface area contributed by atoms with Crippen LogP contribution in [0.5, 0.6) is 11.5 Å². The second-order valence-electron chi connectivity index (χ2n) is 6.69. The fourth-order valence-corrected chi connectivity index (χ4v) is 3.30. The van der Waals surface area contributed by atoms with Crippen molar-refractivity contribution in [2.75, 3.05) is 25.7 Å². The third-order valence-electron chi connectivity index (χ3n) is 4.87. The molecule has 0 spiro atoms. The van der Waals surface area contributed by atoms with E-state index in [1.165, 1.54) is 37.2 Å². The van der Waals surface area contributed by atoms with Crippen molar-refractivity contribution in [3.8, 4) is 11.5 Å². The summed E-state index contributed by atoms with van der Waals surface area (Å²) in [5, 5.41) is 0.419. The first-order valence-corrected chi connectivity index (χ1v) is 9.65. The van der Waals surface area contributed by atoms with Gasteiger partial charge in [-0.1, -0.05) is 0 Å². The number of halogens is 1. The zero-order valence-electron chi connectivity index (χ0n) is 17.2. The fourth-order valence-electron chi connectivity index (χ4n) is 3.30. The Hall–Kier alpha value is -3.42. The number of hydrogen-bond donors (Lipinski definition) is 0. The fraction of sp³-hybridized carbons (Fsp3) is 0.318. The van der Waals surface area contributed by atoms with E-state index in [2.05, 4.69) is 4.98 Å². The maximum atomic E-state index is 13.1. The maximum Gasteiger partial charge on any atom is 0.261 e. The van der Waals surface area contributed by atoms with Gasteiger partial charge in [-0.3, -0.25) is 14.2 Å². The molecule has 0 fully saturated rings. The summed E-state index contributed by atoms with van der Waals surface area (Å²) in [6, 6.07) is 9.08. The molecule has 3 rings (SSSR count). The molecule has 0 aliphatic rings. The number of ether oxygens (including phenoxy) is 2. The molecule has 8 heteroatoms. The molecule has 0 bridgehead atoms. The summed E-state index contributed by atoms with van der Waals surface area (Å²) < 4.78 is 25.1. The molecule has 1 amide bonds. The lowest BCUT2D eigenvalue weighted by Gasteiger charge is -2.21. The molecular formula is C22H24FN3O4. The number of rotatable bonds is 8. The molecule has 2 aromatic carbocycles. The Morgan fingerprint density at radius 2 is 1.80 bits per heavy atom. The van der Waals surface area contributed by atoms with Crippen LogP contribution in [0.15, 0.2) is 47.5 Å². The molecule has 7 nitrogen and oxygen atoms in total. The van der Waals surface area contributed by atoms with Gasteiger partial charge in [-0.2, -0.15) is 0 Å². The minimum atomic E-state index is -0.348. The van der Waals surface area contributed by atoms with E-state index in [0.29, 0.717) is 47.6 Å². The summed E-state index contributed by atoms with van der Waals surface area (Å²) in [4.78, 5) is 31.3. The quantitative estimate of drug-likeness (QED) is 0.566. The van der Waals surface area contributed by atoms with Crippen molar-refractivity contribution < 1.29 is 18.7 Å². The number of anilines is 1. The number of nitrogens with zero attached hydrogens (tertiary/aromatic N) is 3. The van der Waals surface area contributed by atoms with Crippen LogP contribution in [0, 0.1) is 5.82 Å². The normalized spacial score (nSPS) is 10.8. The van der Waals surface area contributed by atoms with Crippen molar-refractivity contribution in [1.29, 1.82) is 0 Å². The molecule has 1 heterocycles. The molecule has 0 aliphatic carbocycles. The second kappa shape index (κ2) is 9.39. The van der Waals surface area contributed by atoms with Crippen molar-refractivity contribution in [2.24, 2.45) is 0 Å². The number of aromatic nitrogens is 2. The number of benzene rings is 2. The number of carbonyl (C=O) groups is 1. The summed E-state index contributed by atoms with van der Waals surface area (Å²) in [6.07, 6.45) is 2.19. The van der Waals surface area contributed by atoms with Crippen molar-refractivity contribution in [2.45, 2.75) is 26.3 Å². The van der Waals surface area contributed by atoms with Crippen LogP contribution >= 0.6 is 0 Å². The summed E-state index contributed by atoms with van der Waals surface area (Å²) in [5.41, 5.74) is 0.951. The van der Waals surface area contributed by atoms with E-state index in [9.17, 15) is 14.0 Å². The van der Waals surface area contributed by atoms with Gasteiger partial charge in [0.15, 0.2) is 11.5 Å². The summed E-state index contributed by atoms with van der Waals surface area (Å²) >= 11 is 0. The van der Waals surface area contributed by atoms with Gasteiger partial charge in [0.1, 0.15) is 5.82 Å². The van der Waals surface area contributed by atoms with Gasteiger partial charge in [0.05, 0.1) is 31.4 Å². The van der Waals surface area contributed by atoms with Crippen molar-refractivity contribution in [3.05, 3.63) is 58.9 Å². The van der Waals surface area contributed by atoms with Gasteiger partial charge >= 0.3 is 0 Å². The Morgan fingerprint density at radius 1 is 1.13 bits per heavy atom. The van der Waals surface area contributed by atoms with Gasteiger partial charge in [0.2, 0.25) is 5.91 Å². The lowest BCUT2D eigenvalue weighted by molar-refractivity contribution is -0.118. The molecule has 30 heavy (non-hydrogen) atoms. The van der Waals surface area contributed by atoms with Crippen LogP contribution in [-0.2, 0) is 11.3 Å². The van der Waals surface area contributed by atoms with E-state index < -0.39 is 0 Å². The minimum Gasteiger partial charge on any atom is -0.493 e. The molecular weight excluding hydrogens is 389 g/mol. The molecule has 0 unspecified atom stereocenters. The zero-order chi connectivity index (χ0) is 21.7. The highest BCUT2D eigenvalue weighted by atomic mass is 19.1. The Kier molecular flexibility index (Phi) is 6.66. The average Bonchev–Trinajstić information content (AvgIpc) is 2.76. The number of methoxy groups -OCH3 is 2. The number of carbonyl (C=O) groups excluding carboxylic acids is 1.